The van der Waals surface area contributed by atoms with E-state index in [2.05, 4.69) is 25.7 Å². The third-order valence-electron chi connectivity index (χ3n) is 2.51. The molecule has 10 heteroatoms. The van der Waals surface area contributed by atoms with Gasteiger partial charge in [0.1, 0.15) is 24.4 Å². The van der Waals surface area contributed by atoms with E-state index in [1.165, 1.54) is 23.4 Å². The molecule has 0 aliphatic heterocycles. The summed E-state index contributed by atoms with van der Waals surface area (Å²) in [6, 6.07) is 0. The predicted octanol–water partition coefficient (Wildman–Crippen LogP) is 1.39. The Morgan fingerprint density at radius 3 is 2.95 bits per heavy atom. The van der Waals surface area contributed by atoms with E-state index in [-0.39, 0.29) is 5.69 Å². The molecule has 9 nitrogen and oxygen atoms in total. The van der Waals surface area contributed by atoms with Gasteiger partial charge in [0, 0.05) is 13.6 Å². The molecule has 2 heterocycles. The smallest absolute Gasteiger partial charge is 0.306 e. The first-order chi connectivity index (χ1) is 9.61. The van der Waals surface area contributed by atoms with Gasteiger partial charge in [-0.05, 0) is 0 Å². The number of hydrogen-bond donors (Lipinski definition) is 2. The van der Waals surface area contributed by atoms with Crippen molar-refractivity contribution in [2.75, 3.05) is 24.2 Å². The summed E-state index contributed by atoms with van der Waals surface area (Å²) in [5.41, 5.74) is 0.562. The highest BCUT2D eigenvalue weighted by atomic mass is 35.5. The minimum absolute atomic E-state index is 0.0361. The minimum atomic E-state index is -0.486. The van der Waals surface area contributed by atoms with Crippen LogP contribution in [0.2, 0.25) is 5.15 Å². The number of nitro groups is 1. The highest BCUT2D eigenvalue weighted by molar-refractivity contribution is 6.32. The van der Waals surface area contributed by atoms with E-state index >= 15 is 0 Å². The molecule has 0 unspecified atom stereocenters. The Kier molecular flexibility index (Phi) is 4.31. The molecule has 0 aliphatic carbocycles. The van der Waals surface area contributed by atoms with Gasteiger partial charge in [-0.25, -0.2) is 9.97 Å². The van der Waals surface area contributed by atoms with Gasteiger partial charge in [0.25, 0.3) is 0 Å². The third kappa shape index (κ3) is 3.12. The van der Waals surface area contributed by atoms with E-state index in [9.17, 15) is 10.1 Å². The average molecular weight is 298 g/mol. The number of anilines is 2. The van der Waals surface area contributed by atoms with Gasteiger partial charge >= 0.3 is 5.69 Å². The molecule has 0 aromatic carbocycles. The summed E-state index contributed by atoms with van der Waals surface area (Å²) in [6.45, 7) is 0.944. The van der Waals surface area contributed by atoms with Crippen molar-refractivity contribution in [2.45, 2.75) is 6.54 Å². The Morgan fingerprint density at radius 1 is 1.50 bits per heavy atom. The van der Waals surface area contributed by atoms with E-state index in [4.69, 9.17) is 11.6 Å². The van der Waals surface area contributed by atoms with Crippen molar-refractivity contribution in [1.29, 1.82) is 0 Å². The molecular formula is C10H12ClN7O2. The van der Waals surface area contributed by atoms with E-state index in [0.29, 0.717) is 29.7 Å². The molecule has 0 spiro atoms. The maximum atomic E-state index is 10.5. The van der Waals surface area contributed by atoms with E-state index in [1.807, 2.05) is 0 Å². The van der Waals surface area contributed by atoms with Crippen LogP contribution >= 0.6 is 11.6 Å². The topological polar surface area (TPSA) is 111 Å². The quantitative estimate of drug-likeness (QED) is 0.471. The summed E-state index contributed by atoms with van der Waals surface area (Å²) >= 11 is 5.92. The molecule has 0 fully saturated rings. The summed E-state index contributed by atoms with van der Waals surface area (Å²) in [5, 5.41) is 20.7. The molecule has 0 saturated carbocycles. The summed E-state index contributed by atoms with van der Waals surface area (Å²) in [7, 11) is 1.71. The largest absolute Gasteiger partial charge is 0.383 e. The van der Waals surface area contributed by atoms with Crippen LogP contribution in [0.5, 0.6) is 0 Å². The van der Waals surface area contributed by atoms with Crippen LogP contribution in [0.4, 0.5) is 17.2 Å². The van der Waals surface area contributed by atoms with Gasteiger partial charge in [-0.3, -0.25) is 14.8 Å². The Labute approximate surface area is 119 Å². The average Bonchev–Trinajstić information content (AvgIpc) is 2.88. The highest BCUT2D eigenvalue weighted by Gasteiger charge is 2.10. The zero-order chi connectivity index (χ0) is 14.5. The number of halogens is 1. The summed E-state index contributed by atoms with van der Waals surface area (Å²) in [4.78, 5) is 18.0. The second-order valence-electron chi connectivity index (χ2n) is 3.78. The number of rotatable bonds is 6. The lowest BCUT2D eigenvalue weighted by Gasteiger charge is -2.10. The van der Waals surface area contributed by atoms with Gasteiger partial charge in [-0.2, -0.15) is 5.10 Å². The molecule has 0 amide bonds. The van der Waals surface area contributed by atoms with Crippen LogP contribution in [-0.4, -0.2) is 38.3 Å². The predicted molar refractivity (Wildman–Crippen MR) is 74.0 cm³/mol. The molecule has 2 rings (SSSR count). The molecule has 0 radical (unpaired) electrons. The molecule has 2 N–H and O–H groups in total. The van der Waals surface area contributed by atoms with E-state index in [1.54, 1.807) is 7.05 Å². The minimum Gasteiger partial charge on any atom is -0.383 e. The summed E-state index contributed by atoms with van der Waals surface area (Å²) < 4.78 is 1.48. The molecule has 0 bridgehead atoms. The lowest BCUT2D eigenvalue weighted by Crippen LogP contribution is -2.13. The normalized spacial score (nSPS) is 10.3. The Hall–Kier alpha value is -2.42. The fourth-order valence-electron chi connectivity index (χ4n) is 1.58. The SMILES string of the molecule is CNc1c(Cl)ncnc1NCCn1cc([N+](=O)[O-])cn1. The first-order valence-electron chi connectivity index (χ1n) is 5.70. The molecular weight excluding hydrogens is 286 g/mol. The Morgan fingerprint density at radius 2 is 2.30 bits per heavy atom. The first-order valence-corrected chi connectivity index (χ1v) is 6.08. The summed E-state index contributed by atoms with van der Waals surface area (Å²) in [6.07, 6.45) is 3.93. The Bertz CT molecular complexity index is 615. The van der Waals surface area contributed by atoms with Crippen LogP contribution in [0.3, 0.4) is 0 Å². The molecule has 106 valence electrons. The van der Waals surface area contributed by atoms with Crippen molar-refractivity contribution < 1.29 is 4.92 Å². The third-order valence-corrected chi connectivity index (χ3v) is 2.80. The summed E-state index contributed by atoms with van der Waals surface area (Å²) in [5.74, 6) is 0.564. The fraction of sp³-hybridized carbons (Fsp3) is 0.300. The van der Waals surface area contributed by atoms with Crippen LogP contribution in [0, 0.1) is 10.1 Å². The number of aromatic nitrogens is 4. The highest BCUT2D eigenvalue weighted by Crippen LogP contribution is 2.24. The van der Waals surface area contributed by atoms with Crippen LogP contribution in [-0.2, 0) is 6.54 Å². The van der Waals surface area contributed by atoms with Gasteiger partial charge in [0.05, 0.1) is 11.5 Å². The van der Waals surface area contributed by atoms with Gasteiger partial charge in [-0.1, -0.05) is 11.6 Å². The Balaban J connectivity index is 1.95. The molecule has 0 atom stereocenters. The van der Waals surface area contributed by atoms with Gasteiger partial charge in [0.2, 0.25) is 0 Å². The molecule has 2 aromatic rings. The first kappa shape index (κ1) is 14.0. The molecule has 20 heavy (non-hydrogen) atoms. The van der Waals surface area contributed by atoms with Crippen molar-refractivity contribution >= 4 is 28.8 Å². The second kappa shape index (κ2) is 6.15. The van der Waals surface area contributed by atoms with Crippen molar-refractivity contribution in [3.8, 4) is 0 Å². The number of nitrogens with one attached hydrogen (secondary N) is 2. The number of nitrogens with zero attached hydrogens (tertiary/aromatic N) is 5. The van der Waals surface area contributed by atoms with Crippen molar-refractivity contribution in [2.24, 2.45) is 0 Å². The van der Waals surface area contributed by atoms with Crippen LogP contribution in [0.25, 0.3) is 0 Å². The molecule has 2 aromatic heterocycles. The van der Waals surface area contributed by atoms with Crippen molar-refractivity contribution in [3.63, 3.8) is 0 Å². The monoisotopic (exact) mass is 297 g/mol. The van der Waals surface area contributed by atoms with Crippen LogP contribution in [0.15, 0.2) is 18.7 Å². The zero-order valence-electron chi connectivity index (χ0n) is 10.6. The second-order valence-corrected chi connectivity index (χ2v) is 4.14. The zero-order valence-corrected chi connectivity index (χ0v) is 11.3. The fourth-order valence-corrected chi connectivity index (χ4v) is 1.81. The molecule has 0 aliphatic rings. The molecule has 0 saturated heterocycles. The van der Waals surface area contributed by atoms with Gasteiger partial charge in [-0.15, -0.1) is 0 Å². The van der Waals surface area contributed by atoms with Crippen molar-refractivity contribution in [1.82, 2.24) is 19.7 Å². The standard InChI is InChI=1S/C10H12ClN7O2/c1-12-8-9(11)14-6-15-10(8)13-2-3-17-5-7(4-16-17)18(19)20/h4-6,12H,2-3H2,1H3,(H,13,14,15). The number of hydrogen-bond acceptors (Lipinski definition) is 7. The van der Waals surface area contributed by atoms with E-state index < -0.39 is 4.92 Å². The van der Waals surface area contributed by atoms with Gasteiger partial charge < -0.3 is 10.6 Å². The maximum absolute atomic E-state index is 10.5. The lowest BCUT2D eigenvalue weighted by molar-refractivity contribution is -0.385. The maximum Gasteiger partial charge on any atom is 0.306 e. The lowest BCUT2D eigenvalue weighted by atomic mass is 10.4. The van der Waals surface area contributed by atoms with E-state index in [0.717, 1.165) is 0 Å². The van der Waals surface area contributed by atoms with Crippen LogP contribution in [0.1, 0.15) is 0 Å². The van der Waals surface area contributed by atoms with Gasteiger partial charge in [0.15, 0.2) is 11.0 Å². The van der Waals surface area contributed by atoms with Crippen LogP contribution < -0.4 is 10.6 Å². The van der Waals surface area contributed by atoms with Crippen molar-refractivity contribution in [3.05, 3.63) is 34.0 Å².